The maximum absolute atomic E-state index is 5.32. The van der Waals surface area contributed by atoms with E-state index in [1.54, 1.807) is 28.4 Å². The van der Waals surface area contributed by atoms with E-state index in [0.29, 0.717) is 0 Å². The summed E-state index contributed by atoms with van der Waals surface area (Å²) in [5.74, 6) is 3.39. The zero-order valence-corrected chi connectivity index (χ0v) is 23.1. The molecule has 0 aliphatic heterocycles. The average molecular weight is 471 g/mol. The second kappa shape index (κ2) is 13.9. The fourth-order valence-electron chi connectivity index (χ4n) is 3.65. The first kappa shape index (κ1) is 29.4. The number of rotatable bonds is 11. The summed E-state index contributed by atoms with van der Waals surface area (Å²) in [6.07, 6.45) is 9.11. The van der Waals surface area contributed by atoms with E-state index in [-0.39, 0.29) is 10.8 Å². The summed E-state index contributed by atoms with van der Waals surface area (Å²) in [6, 6.07) is 12.1. The first-order chi connectivity index (χ1) is 16.1. The quantitative estimate of drug-likeness (QED) is 0.311. The largest absolute Gasteiger partial charge is 0.497 e. The van der Waals surface area contributed by atoms with E-state index >= 15 is 0 Å². The maximum Gasteiger partial charge on any atom is 0.122 e. The van der Waals surface area contributed by atoms with Crippen LogP contribution < -0.4 is 18.9 Å². The van der Waals surface area contributed by atoms with Crippen molar-refractivity contribution in [2.24, 2.45) is 0 Å². The molecule has 0 aliphatic carbocycles. The summed E-state index contributed by atoms with van der Waals surface area (Å²) in [5, 5.41) is 0. The average Bonchev–Trinajstić information content (AvgIpc) is 2.85. The van der Waals surface area contributed by atoms with Gasteiger partial charge in [-0.2, -0.15) is 0 Å². The van der Waals surface area contributed by atoms with Gasteiger partial charge < -0.3 is 18.9 Å². The van der Waals surface area contributed by atoms with Gasteiger partial charge in [0.05, 0.1) is 28.4 Å². The van der Waals surface area contributed by atoms with Gasteiger partial charge in [-0.15, -0.1) is 0 Å². The minimum absolute atomic E-state index is 0.0160. The molecule has 0 radical (unpaired) electrons. The van der Waals surface area contributed by atoms with Gasteiger partial charge in [0.15, 0.2) is 0 Å². The van der Waals surface area contributed by atoms with E-state index in [9.17, 15) is 0 Å². The summed E-state index contributed by atoms with van der Waals surface area (Å²) in [5.41, 5.74) is 2.62. The number of hydrogen-bond donors (Lipinski definition) is 0. The van der Waals surface area contributed by atoms with Crippen LogP contribution in [0, 0.1) is 0 Å². The topological polar surface area (TPSA) is 36.9 Å². The fourth-order valence-corrected chi connectivity index (χ4v) is 3.65. The molecule has 0 aliphatic rings. The lowest BCUT2D eigenvalue weighted by Crippen LogP contribution is -2.17. The number of hydrogen-bond acceptors (Lipinski definition) is 4. The molecule has 4 nitrogen and oxygen atoms in total. The number of ether oxygens (including phenoxy) is 4. The van der Waals surface area contributed by atoms with E-state index in [2.05, 4.69) is 78.0 Å². The van der Waals surface area contributed by atoms with Gasteiger partial charge in [-0.1, -0.05) is 66.5 Å². The second-order valence-electron chi connectivity index (χ2n) is 9.72. The molecule has 0 heterocycles. The Kier molecular flexibility index (Phi) is 12.1. The Balaban J connectivity index is 0.000000340. The molecule has 2 aromatic rings. The lowest BCUT2D eigenvalue weighted by Gasteiger charge is -2.26. The Bertz CT molecular complexity index is 852. The molecule has 0 N–H and O–H groups in total. The number of benzene rings is 2. The van der Waals surface area contributed by atoms with Gasteiger partial charge in [-0.3, -0.25) is 0 Å². The Hall–Kier alpha value is -2.62. The summed E-state index contributed by atoms with van der Waals surface area (Å²) in [4.78, 5) is 0. The summed E-state index contributed by atoms with van der Waals surface area (Å²) >= 11 is 0. The first-order valence-electron chi connectivity index (χ1n) is 12.2. The van der Waals surface area contributed by atoms with Crippen molar-refractivity contribution in [1.29, 1.82) is 0 Å². The van der Waals surface area contributed by atoms with Crippen LogP contribution in [0.15, 0.2) is 48.6 Å². The van der Waals surface area contributed by atoms with Crippen molar-refractivity contribution in [1.82, 2.24) is 0 Å². The first-order valence-corrected chi connectivity index (χ1v) is 12.2. The third-order valence-electron chi connectivity index (χ3n) is 6.15. The molecular weight excluding hydrogens is 424 g/mol. The molecule has 0 unspecified atom stereocenters. The van der Waals surface area contributed by atoms with E-state index in [1.165, 1.54) is 30.4 Å². The molecule has 0 saturated heterocycles. The van der Waals surface area contributed by atoms with Crippen LogP contribution in [-0.2, 0) is 10.8 Å². The molecule has 0 bridgehead atoms. The van der Waals surface area contributed by atoms with Crippen LogP contribution in [0.5, 0.6) is 23.0 Å². The van der Waals surface area contributed by atoms with Crippen molar-refractivity contribution in [3.63, 3.8) is 0 Å². The summed E-state index contributed by atoms with van der Waals surface area (Å²) in [6.45, 7) is 13.3. The third-order valence-corrected chi connectivity index (χ3v) is 6.15. The molecule has 0 amide bonds. The van der Waals surface area contributed by atoms with Gasteiger partial charge in [0.1, 0.15) is 23.0 Å². The van der Waals surface area contributed by atoms with E-state index in [0.717, 1.165) is 29.4 Å². The SMILES string of the molecule is CC/C=C/C(C)(C)c1cc(OC)cc(OC)c1.CCCCC(C)(C)c1cc(OC)cc(OC)c1. The zero-order chi connectivity index (χ0) is 25.8. The van der Waals surface area contributed by atoms with Crippen LogP contribution in [-0.4, -0.2) is 28.4 Å². The molecule has 0 atom stereocenters. The van der Waals surface area contributed by atoms with Crippen LogP contribution in [0.4, 0.5) is 0 Å². The molecule has 34 heavy (non-hydrogen) atoms. The van der Waals surface area contributed by atoms with Crippen molar-refractivity contribution < 1.29 is 18.9 Å². The third kappa shape index (κ3) is 8.96. The van der Waals surface area contributed by atoms with E-state index < -0.39 is 0 Å². The second-order valence-corrected chi connectivity index (χ2v) is 9.72. The predicted octanol–water partition coefficient (Wildman–Crippen LogP) is 8.12. The molecule has 2 aromatic carbocycles. The normalized spacial score (nSPS) is 11.6. The summed E-state index contributed by atoms with van der Waals surface area (Å²) in [7, 11) is 6.73. The lowest BCUT2D eigenvalue weighted by molar-refractivity contribution is 0.387. The van der Waals surface area contributed by atoms with Crippen molar-refractivity contribution in [3.8, 4) is 23.0 Å². The van der Waals surface area contributed by atoms with Crippen LogP contribution in [0.3, 0.4) is 0 Å². The molecule has 0 fully saturated rings. The van der Waals surface area contributed by atoms with Crippen LogP contribution in [0.1, 0.15) is 78.4 Å². The van der Waals surface area contributed by atoms with Crippen molar-refractivity contribution in [3.05, 3.63) is 59.7 Å². The Morgan fingerprint density at radius 2 is 1.06 bits per heavy atom. The number of methoxy groups -OCH3 is 4. The maximum atomic E-state index is 5.32. The highest BCUT2D eigenvalue weighted by molar-refractivity contribution is 5.43. The van der Waals surface area contributed by atoms with Gasteiger partial charge in [0, 0.05) is 17.5 Å². The van der Waals surface area contributed by atoms with Crippen molar-refractivity contribution in [2.45, 2.75) is 78.1 Å². The summed E-state index contributed by atoms with van der Waals surface area (Å²) < 4.78 is 21.2. The highest BCUT2D eigenvalue weighted by Crippen LogP contribution is 2.34. The monoisotopic (exact) mass is 470 g/mol. The lowest BCUT2D eigenvalue weighted by atomic mass is 9.80. The minimum Gasteiger partial charge on any atom is -0.497 e. The van der Waals surface area contributed by atoms with Gasteiger partial charge in [-0.25, -0.2) is 0 Å². The molecule has 0 saturated carbocycles. The number of allylic oxidation sites excluding steroid dienone is 2. The Morgan fingerprint density at radius 1 is 0.647 bits per heavy atom. The van der Waals surface area contributed by atoms with Gasteiger partial charge in [0.25, 0.3) is 0 Å². The zero-order valence-electron chi connectivity index (χ0n) is 23.1. The standard InChI is InChI=1S/C15H24O2.C15H22O2/c2*1-6-7-8-15(2,3)12-9-13(16-4)11-14(10-12)17-5/h9-11H,6-8H2,1-5H3;7-11H,6H2,1-5H3/b;8-7+. The molecule has 0 aromatic heterocycles. The number of unbranched alkanes of at least 4 members (excludes halogenated alkanes) is 1. The fraction of sp³-hybridized carbons (Fsp3) is 0.533. The van der Waals surface area contributed by atoms with Crippen LogP contribution in [0.2, 0.25) is 0 Å². The highest BCUT2D eigenvalue weighted by Gasteiger charge is 2.21. The molecule has 190 valence electrons. The van der Waals surface area contributed by atoms with Crippen LogP contribution in [0.25, 0.3) is 0 Å². The highest BCUT2D eigenvalue weighted by atomic mass is 16.5. The Labute approximate surface area is 208 Å². The van der Waals surface area contributed by atoms with Gasteiger partial charge >= 0.3 is 0 Å². The predicted molar refractivity (Wildman–Crippen MR) is 144 cm³/mol. The molecular formula is C30H46O4. The molecule has 0 spiro atoms. The Morgan fingerprint density at radius 3 is 1.41 bits per heavy atom. The van der Waals surface area contributed by atoms with E-state index in [4.69, 9.17) is 18.9 Å². The van der Waals surface area contributed by atoms with E-state index in [1.807, 2.05) is 12.1 Å². The van der Waals surface area contributed by atoms with Gasteiger partial charge in [0.2, 0.25) is 0 Å². The molecule has 4 heteroatoms. The minimum atomic E-state index is -0.0160. The van der Waals surface area contributed by atoms with Crippen molar-refractivity contribution >= 4 is 0 Å². The molecule has 2 rings (SSSR count). The van der Waals surface area contributed by atoms with Gasteiger partial charge in [-0.05, 0) is 53.6 Å². The smallest absolute Gasteiger partial charge is 0.122 e. The van der Waals surface area contributed by atoms with Crippen molar-refractivity contribution in [2.75, 3.05) is 28.4 Å². The van der Waals surface area contributed by atoms with Crippen LogP contribution >= 0.6 is 0 Å².